The third kappa shape index (κ3) is 17.8. The van der Waals surface area contributed by atoms with E-state index in [1.807, 2.05) is 19.2 Å². The number of pyridine rings is 3. The van der Waals surface area contributed by atoms with Crippen LogP contribution in [-0.2, 0) is 35.2 Å². The molecule has 27 nitrogen and oxygen atoms in total. The number of amides is 3. The highest BCUT2D eigenvalue weighted by Gasteiger charge is 2.41. The van der Waals surface area contributed by atoms with Crippen molar-refractivity contribution in [3.63, 3.8) is 0 Å². The van der Waals surface area contributed by atoms with Crippen LogP contribution in [0.3, 0.4) is 0 Å². The lowest BCUT2D eigenvalue weighted by molar-refractivity contribution is 0.0972. The van der Waals surface area contributed by atoms with Gasteiger partial charge in [0, 0.05) is 125 Å². The van der Waals surface area contributed by atoms with Crippen molar-refractivity contribution in [1.82, 2.24) is 51.6 Å². The van der Waals surface area contributed by atoms with Crippen molar-refractivity contribution < 1.29 is 84.9 Å². The molecule has 7 atom stereocenters. The number of hydrogen-bond acceptors (Lipinski definition) is 19. The van der Waals surface area contributed by atoms with Crippen LogP contribution < -0.4 is 43.1 Å². The first-order valence-electron chi connectivity index (χ1n) is 36.4. The summed E-state index contributed by atoms with van der Waals surface area (Å²) in [6, 6.07) is 21.5. The lowest BCUT2D eigenvalue weighted by Gasteiger charge is -2.29. The fourth-order valence-corrected chi connectivity index (χ4v) is 15.9. The molecule has 3 aromatic carbocycles. The van der Waals surface area contributed by atoms with Gasteiger partial charge >= 0.3 is 20.4 Å². The number of nitrogens with zero attached hydrogens (tertiary/aromatic N) is 11. The Morgan fingerprint density at radius 3 is 1.23 bits per heavy atom. The smallest absolute Gasteiger partial charge is 0.303 e. The number of rotatable bonds is 23. The van der Waals surface area contributed by atoms with Gasteiger partial charge in [-0.1, -0.05) is 13.8 Å². The van der Waals surface area contributed by atoms with Crippen molar-refractivity contribution >= 4 is 81.8 Å². The lowest BCUT2D eigenvalue weighted by Crippen LogP contribution is -2.42. The first kappa shape index (κ1) is 79.3. The zero-order chi connectivity index (χ0) is 79.2. The van der Waals surface area contributed by atoms with E-state index >= 15 is 0 Å². The van der Waals surface area contributed by atoms with Crippen LogP contribution in [0.25, 0.3) is 16.6 Å². The van der Waals surface area contributed by atoms with Gasteiger partial charge < -0.3 is 33.6 Å². The second kappa shape index (κ2) is 32.2. The topological polar surface area (TPSA) is 295 Å². The molecule has 6 aliphatic rings. The summed E-state index contributed by atoms with van der Waals surface area (Å²) in [5.74, 6) is -1.73. The number of alkyl halides is 3. The molecule has 3 amide bonds. The second-order valence-corrected chi connectivity index (χ2v) is 35.3. The van der Waals surface area contributed by atoms with E-state index in [-0.39, 0.29) is 80.9 Å². The third-order valence-corrected chi connectivity index (χ3v) is 25.5. The molecular formula is C75H86F6N14O13S3. The number of sulfonamides is 1. The Bertz CT molecular complexity index is 5330. The minimum Gasteiger partial charge on any atom is -0.493 e. The molecule has 4 saturated heterocycles. The van der Waals surface area contributed by atoms with Crippen LogP contribution in [0, 0.1) is 23.4 Å². The van der Waals surface area contributed by atoms with E-state index in [4.69, 9.17) is 18.9 Å². The molecule has 15 rings (SSSR count). The Morgan fingerprint density at radius 2 is 0.883 bits per heavy atom. The van der Waals surface area contributed by atoms with Gasteiger partial charge in [0.15, 0.2) is 0 Å². The number of aromatic nitrogens is 6. The molecule has 0 radical (unpaired) electrons. The van der Waals surface area contributed by atoms with E-state index in [0.29, 0.717) is 99.7 Å². The third-order valence-electron chi connectivity index (χ3n) is 20.3. The highest BCUT2D eigenvalue weighted by molar-refractivity contribution is 7.91. The molecule has 2 aliphatic carbocycles. The summed E-state index contributed by atoms with van der Waals surface area (Å²) in [5, 5.41) is 12.5. The SMILES string of the molecule is CC(C)(C)S(=O)(=O)NC(=O)c1cnn2ccc(N3C[C@@H](F)C[C@@H]3c3cc(F)ccc3OCC3CC3)cc12.CCN(C)S(=O)(=O)NC(=O)c1cnn2ccc(N3C[C@@H](F)C[C@@H]3c3cc(F)ccc3OC3CC3)cc12.CCN(C)S(=O)(=O)NC(=O)c1cnn2ccc(N3C[C@@H](F)C[C@@H]3c3cc(F)ccc3OC3CCOC3)cc12. The van der Waals surface area contributed by atoms with Crippen molar-refractivity contribution in [3.8, 4) is 17.2 Å². The van der Waals surface area contributed by atoms with Crippen molar-refractivity contribution in [1.29, 1.82) is 0 Å². The van der Waals surface area contributed by atoms with Gasteiger partial charge in [0.1, 0.15) is 59.3 Å². The molecule has 0 spiro atoms. The number of benzene rings is 3. The standard InChI is InChI=1S/C26H30F2N4O4S.C25H29F2N5O5S.C24H27F2N5O4S/c1-26(2,3)37(34,35)30-25(33)21-13-29-32-9-8-19(12-23(21)32)31-14-18(28)11-22(31)20-10-17(27)6-7-24(20)36-15-16-4-5-16;1-3-30(2)38(34,35)29-25(33)21-13-28-32-8-6-18(12-23(21)32)31-14-17(27)11-22(31)20-10-16(26)4-5-24(20)37-19-7-9-36-15-19;1-3-29(2)36(33,34)28-24(32)20-13-27-31-9-8-17(12-22(20)31)30-14-16(26)11-21(30)19-10-15(25)4-7-23(19)35-18-5-6-18/h6-10,12-13,16,18,22H,4-5,11,14-15H2,1-3H3,(H,30,33);4-6,8,10,12-13,17,19,22H,3,7,9,11,14-15H2,1-2H3,(H,29,33);4,7-10,12-13,16,18,21H,3,5-6,11,14H2,1-2H3,(H,28,32)/t18-,22+;17-,19?,22+;16-,21+/m000/s1. The summed E-state index contributed by atoms with van der Waals surface area (Å²) < 4.78 is 196. The van der Waals surface area contributed by atoms with Crippen LogP contribution in [-0.4, -0.2) is 183 Å². The van der Waals surface area contributed by atoms with Gasteiger partial charge in [-0.3, -0.25) is 14.4 Å². The molecule has 6 fully saturated rings. The van der Waals surface area contributed by atoms with Crippen LogP contribution >= 0.6 is 0 Å². The minimum atomic E-state index is -4.02. The molecule has 2 saturated carbocycles. The number of halogens is 6. The van der Waals surface area contributed by atoms with Crippen LogP contribution in [0.1, 0.15) is 152 Å². The number of ether oxygens (including phenoxy) is 4. The van der Waals surface area contributed by atoms with Gasteiger partial charge in [-0.2, -0.15) is 40.7 Å². The zero-order valence-corrected chi connectivity index (χ0v) is 64.3. The van der Waals surface area contributed by atoms with Gasteiger partial charge in [0.05, 0.1) is 101 Å². The highest BCUT2D eigenvalue weighted by atomic mass is 32.2. The number of fused-ring (bicyclic) bond motifs is 3. The van der Waals surface area contributed by atoms with Crippen molar-refractivity contribution in [2.45, 2.75) is 140 Å². The average molecular weight is 1600 g/mol. The van der Waals surface area contributed by atoms with Crippen LogP contribution in [0.2, 0.25) is 0 Å². The fraction of sp³-hybridized carbons (Fsp3) is 0.440. The summed E-state index contributed by atoms with van der Waals surface area (Å²) in [6.07, 6.45) is 10.4. The predicted molar refractivity (Wildman–Crippen MR) is 401 cm³/mol. The molecule has 10 heterocycles. The minimum absolute atomic E-state index is 0.0449. The quantitative estimate of drug-likeness (QED) is 0.0501. The molecule has 4 aliphatic heterocycles. The van der Waals surface area contributed by atoms with E-state index in [2.05, 4.69) is 20.0 Å². The number of nitrogens with one attached hydrogen (secondary N) is 3. The lowest BCUT2D eigenvalue weighted by atomic mass is 10.0. The molecule has 594 valence electrons. The van der Waals surface area contributed by atoms with E-state index in [1.54, 1.807) is 91.9 Å². The Hall–Kier alpha value is -9.75. The molecule has 36 heteroatoms. The van der Waals surface area contributed by atoms with Crippen molar-refractivity contribution in [3.05, 3.63) is 179 Å². The van der Waals surface area contributed by atoms with Gasteiger partial charge in [0.2, 0.25) is 10.0 Å². The summed E-state index contributed by atoms with van der Waals surface area (Å²) in [6.45, 7) is 9.91. The normalized spacial score (nSPS) is 20.9. The first-order chi connectivity index (χ1) is 52.7. The number of hydrogen-bond donors (Lipinski definition) is 3. The Kier molecular flexibility index (Phi) is 23.0. The molecule has 1 unspecified atom stereocenters. The zero-order valence-electron chi connectivity index (χ0n) is 61.9. The van der Waals surface area contributed by atoms with Gasteiger partial charge in [-0.25, -0.2) is 62.5 Å². The van der Waals surface area contributed by atoms with Crippen LogP contribution in [0.5, 0.6) is 17.2 Å². The summed E-state index contributed by atoms with van der Waals surface area (Å²) in [5.41, 5.74) is 4.67. The predicted octanol–water partition coefficient (Wildman–Crippen LogP) is 10.5. The monoisotopic (exact) mass is 1600 g/mol. The van der Waals surface area contributed by atoms with Crippen molar-refractivity contribution in [2.75, 3.05) is 81.3 Å². The Balaban J connectivity index is 0.000000146. The van der Waals surface area contributed by atoms with Crippen molar-refractivity contribution in [2.24, 2.45) is 5.92 Å². The molecule has 6 aromatic heterocycles. The maximum atomic E-state index is 14.8. The molecular weight excluding hydrogens is 1520 g/mol. The van der Waals surface area contributed by atoms with E-state index in [9.17, 15) is 66.0 Å². The average Bonchev–Trinajstić information content (AvgIpc) is 1.63. The number of anilines is 3. The van der Waals surface area contributed by atoms with E-state index < -0.39 is 107 Å². The van der Waals surface area contributed by atoms with E-state index in [1.165, 1.54) is 103 Å². The molecule has 0 bridgehead atoms. The first-order valence-corrected chi connectivity index (χ1v) is 40.8. The molecule has 111 heavy (non-hydrogen) atoms. The van der Waals surface area contributed by atoms with Gasteiger partial charge in [-0.15, -0.1) is 0 Å². The number of carbonyl (C=O) groups is 3. The number of carbonyl (C=O) groups excluding carboxylic acids is 3. The maximum Gasteiger partial charge on any atom is 0.303 e. The van der Waals surface area contributed by atoms with Crippen LogP contribution in [0.15, 0.2) is 128 Å². The summed E-state index contributed by atoms with van der Waals surface area (Å²) in [4.78, 5) is 44.0. The largest absolute Gasteiger partial charge is 0.493 e. The summed E-state index contributed by atoms with van der Waals surface area (Å²) in [7, 11) is -9.25. The maximum absolute atomic E-state index is 14.8. The van der Waals surface area contributed by atoms with Crippen LogP contribution in [0.4, 0.5) is 43.4 Å². The van der Waals surface area contributed by atoms with Gasteiger partial charge in [0.25, 0.3) is 17.7 Å². The second-order valence-electron chi connectivity index (χ2n) is 29.3. The Labute approximate surface area is 638 Å². The van der Waals surface area contributed by atoms with E-state index in [0.717, 1.165) is 34.3 Å². The molecule has 9 aromatic rings. The fourth-order valence-electron chi connectivity index (χ4n) is 13.6. The summed E-state index contributed by atoms with van der Waals surface area (Å²) >= 11 is 0. The molecule has 3 N–H and O–H groups in total. The van der Waals surface area contributed by atoms with Gasteiger partial charge in [-0.05, 0) is 143 Å². The highest BCUT2D eigenvalue weighted by Crippen LogP contribution is 2.47. The Morgan fingerprint density at radius 1 is 0.514 bits per heavy atom.